The molecule has 0 saturated carbocycles. The first-order valence-corrected chi connectivity index (χ1v) is 7.00. The normalized spacial score (nSPS) is 22.3. The van der Waals surface area contributed by atoms with Crippen LogP contribution in [0.1, 0.15) is 34.7 Å². The van der Waals surface area contributed by atoms with Gasteiger partial charge in [-0.1, -0.05) is 17.7 Å². The number of aromatic nitrogens is 1. The van der Waals surface area contributed by atoms with E-state index in [4.69, 9.17) is 4.74 Å². The van der Waals surface area contributed by atoms with E-state index in [1.807, 2.05) is 18.6 Å². The van der Waals surface area contributed by atoms with Gasteiger partial charge in [-0.3, -0.25) is 0 Å². The van der Waals surface area contributed by atoms with Gasteiger partial charge in [0.15, 0.2) is 6.10 Å². The van der Waals surface area contributed by atoms with Crippen LogP contribution >= 0.6 is 11.3 Å². The van der Waals surface area contributed by atoms with E-state index < -0.39 is 0 Å². The summed E-state index contributed by atoms with van der Waals surface area (Å²) < 4.78 is 6.07. The lowest BCUT2D eigenvalue weighted by molar-refractivity contribution is 0.153. The van der Waals surface area contributed by atoms with E-state index in [9.17, 15) is 0 Å². The average Bonchev–Trinajstić information content (AvgIpc) is 2.91. The van der Waals surface area contributed by atoms with Gasteiger partial charge in [-0.15, -0.1) is 11.3 Å². The molecule has 2 unspecified atom stereocenters. The Labute approximate surface area is 111 Å². The Morgan fingerprint density at radius 1 is 1.44 bits per heavy atom. The fourth-order valence-electron chi connectivity index (χ4n) is 2.41. The summed E-state index contributed by atoms with van der Waals surface area (Å²) in [6, 6.07) is 6.70. The van der Waals surface area contributed by atoms with E-state index in [0.29, 0.717) is 6.04 Å². The second-order valence-electron chi connectivity index (χ2n) is 4.60. The fourth-order valence-corrected chi connectivity index (χ4v) is 3.09. The highest BCUT2D eigenvalue weighted by atomic mass is 32.1. The average molecular weight is 260 g/mol. The largest absolute Gasteiger partial charge is 0.483 e. The van der Waals surface area contributed by atoms with Crippen LogP contribution in [-0.2, 0) is 0 Å². The number of rotatable bonds is 2. The van der Waals surface area contributed by atoms with Crippen LogP contribution in [0.2, 0.25) is 0 Å². The summed E-state index contributed by atoms with van der Waals surface area (Å²) in [4.78, 5) is 4.36. The molecule has 2 aromatic rings. The van der Waals surface area contributed by atoms with Gasteiger partial charge in [-0.25, -0.2) is 4.98 Å². The van der Waals surface area contributed by atoms with E-state index in [0.717, 1.165) is 17.2 Å². The molecule has 1 aliphatic heterocycles. The topological polar surface area (TPSA) is 34.2 Å². The molecule has 0 spiro atoms. The summed E-state index contributed by atoms with van der Waals surface area (Å²) in [6.45, 7) is 2.11. The van der Waals surface area contributed by atoms with Gasteiger partial charge in [0, 0.05) is 29.6 Å². The molecule has 0 bridgehead atoms. The minimum atomic E-state index is 0.0673. The number of benzene rings is 1. The van der Waals surface area contributed by atoms with Crippen molar-refractivity contribution >= 4 is 11.3 Å². The molecule has 1 aromatic heterocycles. The number of fused-ring (bicyclic) bond motifs is 1. The van der Waals surface area contributed by atoms with Crippen molar-refractivity contribution < 1.29 is 4.74 Å². The van der Waals surface area contributed by atoms with Crippen molar-refractivity contribution in [2.45, 2.75) is 25.5 Å². The molecule has 3 rings (SSSR count). The molecule has 1 aliphatic rings. The molecule has 4 heteroatoms. The monoisotopic (exact) mass is 260 g/mol. The van der Waals surface area contributed by atoms with Crippen molar-refractivity contribution in [3.63, 3.8) is 0 Å². The molecule has 0 fully saturated rings. The van der Waals surface area contributed by atoms with Crippen molar-refractivity contribution in [3.05, 3.63) is 45.9 Å². The van der Waals surface area contributed by atoms with E-state index in [-0.39, 0.29) is 6.10 Å². The number of nitrogens with one attached hydrogen (secondary N) is 1. The zero-order valence-corrected chi connectivity index (χ0v) is 11.3. The van der Waals surface area contributed by atoms with Gasteiger partial charge in [0.1, 0.15) is 10.8 Å². The summed E-state index contributed by atoms with van der Waals surface area (Å²) in [5.74, 6) is 0.978. The quantitative estimate of drug-likeness (QED) is 0.900. The van der Waals surface area contributed by atoms with E-state index in [1.54, 1.807) is 11.3 Å². The van der Waals surface area contributed by atoms with E-state index >= 15 is 0 Å². The molecule has 94 valence electrons. The van der Waals surface area contributed by atoms with Gasteiger partial charge >= 0.3 is 0 Å². The van der Waals surface area contributed by atoms with Crippen LogP contribution in [0, 0.1) is 6.92 Å². The lowest BCUT2D eigenvalue weighted by Crippen LogP contribution is -2.26. The minimum Gasteiger partial charge on any atom is -0.483 e. The molecule has 2 atom stereocenters. The highest BCUT2D eigenvalue weighted by molar-refractivity contribution is 7.09. The number of nitrogens with zero attached hydrogens (tertiary/aromatic N) is 1. The van der Waals surface area contributed by atoms with Crippen LogP contribution in [0.5, 0.6) is 5.75 Å². The number of ether oxygens (including phenoxy) is 1. The van der Waals surface area contributed by atoms with Gasteiger partial charge in [0.2, 0.25) is 0 Å². The van der Waals surface area contributed by atoms with Crippen molar-refractivity contribution in [2.24, 2.45) is 0 Å². The van der Waals surface area contributed by atoms with Crippen LogP contribution in [0.4, 0.5) is 0 Å². The summed E-state index contributed by atoms with van der Waals surface area (Å²) in [5, 5.41) is 6.43. The van der Waals surface area contributed by atoms with Gasteiger partial charge in [-0.2, -0.15) is 0 Å². The summed E-state index contributed by atoms with van der Waals surface area (Å²) >= 11 is 1.66. The Morgan fingerprint density at radius 2 is 2.33 bits per heavy atom. The Bertz CT molecular complexity index is 539. The number of hydrogen-bond donors (Lipinski definition) is 1. The maximum atomic E-state index is 6.07. The summed E-state index contributed by atoms with van der Waals surface area (Å²) in [6.07, 6.45) is 2.83. The van der Waals surface area contributed by atoms with Crippen molar-refractivity contribution in [1.82, 2.24) is 10.3 Å². The molecule has 0 saturated heterocycles. The first kappa shape index (κ1) is 11.7. The highest BCUT2D eigenvalue weighted by Crippen LogP contribution is 2.41. The zero-order valence-electron chi connectivity index (χ0n) is 10.5. The van der Waals surface area contributed by atoms with E-state index in [2.05, 4.69) is 35.4 Å². The number of aryl methyl sites for hydroxylation is 1. The van der Waals surface area contributed by atoms with Crippen LogP contribution in [0.15, 0.2) is 29.8 Å². The van der Waals surface area contributed by atoms with Crippen molar-refractivity contribution in [3.8, 4) is 5.75 Å². The third-order valence-electron chi connectivity index (χ3n) is 3.34. The standard InChI is InChI=1S/C14H16N2OS/c1-9-3-4-12-10(7-9)11(15-2)8-13(17-12)14-16-5-6-18-14/h3-7,11,13,15H,8H2,1-2H3. The molecule has 0 aliphatic carbocycles. The summed E-state index contributed by atoms with van der Waals surface area (Å²) in [5.41, 5.74) is 2.52. The maximum Gasteiger partial charge on any atom is 0.152 e. The van der Waals surface area contributed by atoms with Crippen LogP contribution in [0.25, 0.3) is 0 Å². The Kier molecular flexibility index (Phi) is 3.06. The van der Waals surface area contributed by atoms with Crippen LogP contribution < -0.4 is 10.1 Å². The molecule has 0 amide bonds. The Morgan fingerprint density at radius 3 is 3.06 bits per heavy atom. The maximum absolute atomic E-state index is 6.07. The predicted molar refractivity (Wildman–Crippen MR) is 73.1 cm³/mol. The molecule has 1 aromatic carbocycles. The fraction of sp³-hybridized carbons (Fsp3) is 0.357. The smallest absolute Gasteiger partial charge is 0.152 e. The predicted octanol–water partition coefficient (Wildman–Crippen LogP) is 3.24. The third kappa shape index (κ3) is 2.02. The van der Waals surface area contributed by atoms with Gasteiger partial charge in [0.05, 0.1) is 0 Å². The summed E-state index contributed by atoms with van der Waals surface area (Å²) in [7, 11) is 2.00. The second-order valence-corrected chi connectivity index (χ2v) is 5.52. The highest BCUT2D eigenvalue weighted by Gasteiger charge is 2.29. The number of thiazole rings is 1. The minimum absolute atomic E-state index is 0.0673. The Hall–Kier alpha value is -1.39. The lowest BCUT2D eigenvalue weighted by atomic mass is 9.95. The van der Waals surface area contributed by atoms with Crippen LogP contribution in [-0.4, -0.2) is 12.0 Å². The Balaban J connectivity index is 1.97. The molecule has 18 heavy (non-hydrogen) atoms. The first-order chi connectivity index (χ1) is 8.78. The van der Waals surface area contributed by atoms with E-state index in [1.165, 1.54) is 11.1 Å². The molecular formula is C14H16N2OS. The van der Waals surface area contributed by atoms with Crippen molar-refractivity contribution in [2.75, 3.05) is 7.05 Å². The zero-order chi connectivity index (χ0) is 12.5. The molecule has 1 N–H and O–H groups in total. The van der Waals surface area contributed by atoms with Crippen LogP contribution in [0.3, 0.4) is 0 Å². The second kappa shape index (κ2) is 4.71. The first-order valence-electron chi connectivity index (χ1n) is 6.12. The lowest BCUT2D eigenvalue weighted by Gasteiger charge is -2.31. The number of hydrogen-bond acceptors (Lipinski definition) is 4. The van der Waals surface area contributed by atoms with Gasteiger partial charge in [0.25, 0.3) is 0 Å². The third-order valence-corrected chi connectivity index (χ3v) is 4.20. The molecular weight excluding hydrogens is 244 g/mol. The van der Waals surface area contributed by atoms with Gasteiger partial charge in [-0.05, 0) is 20.0 Å². The SMILES string of the molecule is CNC1CC(c2nccs2)Oc2ccc(C)cc21. The van der Waals surface area contributed by atoms with Crippen molar-refractivity contribution in [1.29, 1.82) is 0 Å². The van der Waals surface area contributed by atoms with Gasteiger partial charge < -0.3 is 10.1 Å². The molecule has 3 nitrogen and oxygen atoms in total. The molecule has 2 heterocycles. The molecule has 0 radical (unpaired) electrons.